The molecule has 0 aliphatic rings. The third-order valence-corrected chi connectivity index (χ3v) is 11.2. The fraction of sp³-hybridized carbons (Fsp3) is 0.0385. The molecule has 0 saturated carbocycles. The van der Waals surface area contributed by atoms with Gasteiger partial charge in [-0.05, 0) is 88.3 Å². The minimum atomic E-state index is -0.0214. The Morgan fingerprint density at radius 2 is 1.00 bits per heavy atom. The summed E-state index contributed by atoms with van der Waals surface area (Å²) < 4.78 is 13.6. The molecule has 2 heterocycles. The molecule has 0 amide bonds. The van der Waals surface area contributed by atoms with Crippen molar-refractivity contribution in [1.82, 2.24) is 0 Å². The Hall–Kier alpha value is -7.10. The van der Waals surface area contributed by atoms with Gasteiger partial charge in [0.05, 0.1) is 11.1 Å². The van der Waals surface area contributed by atoms with E-state index in [0.717, 1.165) is 72.7 Å². The fourth-order valence-electron chi connectivity index (χ4n) is 8.74. The predicted octanol–water partition coefficient (Wildman–Crippen LogP) is 14.6. The normalized spacial score (nSPS) is 12.4. The molecule has 11 rings (SSSR count). The zero-order valence-electron chi connectivity index (χ0n) is 30.0. The topological polar surface area (TPSA) is 29.5 Å². The Labute approximate surface area is 318 Å². The Morgan fingerprint density at radius 3 is 1.73 bits per heavy atom. The first-order valence-electron chi connectivity index (χ1n) is 18.9. The van der Waals surface area contributed by atoms with Gasteiger partial charge in [0.25, 0.3) is 0 Å². The van der Waals surface area contributed by atoms with Crippen LogP contribution in [0.5, 0.6) is 0 Å². The number of furan rings is 2. The van der Waals surface area contributed by atoms with Gasteiger partial charge >= 0.3 is 0 Å². The Kier molecular flexibility index (Phi) is 7.31. The summed E-state index contributed by atoms with van der Waals surface area (Å²) in [6.07, 6.45) is 0.803. The van der Waals surface area contributed by atoms with E-state index in [9.17, 15) is 0 Å². The summed E-state index contributed by atoms with van der Waals surface area (Å²) >= 11 is 0. The van der Waals surface area contributed by atoms with E-state index >= 15 is 0 Å². The molecule has 0 fully saturated rings. The van der Waals surface area contributed by atoms with Crippen molar-refractivity contribution >= 4 is 82.5 Å². The number of para-hydroxylation sites is 3. The molecular weight excluding hydrogens is 671 g/mol. The average Bonchev–Trinajstić information content (AvgIpc) is 3.80. The predicted molar refractivity (Wildman–Crippen MR) is 229 cm³/mol. The lowest BCUT2D eigenvalue weighted by atomic mass is 9.82. The zero-order chi connectivity index (χ0) is 36.3. The van der Waals surface area contributed by atoms with Crippen LogP contribution in [-0.4, -0.2) is 0 Å². The van der Waals surface area contributed by atoms with Crippen LogP contribution >= 0.6 is 0 Å². The highest BCUT2D eigenvalue weighted by atomic mass is 16.3. The van der Waals surface area contributed by atoms with E-state index in [4.69, 9.17) is 8.83 Å². The van der Waals surface area contributed by atoms with E-state index in [-0.39, 0.29) is 5.92 Å². The summed E-state index contributed by atoms with van der Waals surface area (Å²) in [6.45, 7) is 0. The molecule has 0 saturated heterocycles. The highest BCUT2D eigenvalue weighted by molar-refractivity contribution is 6.24. The molecule has 1 atom stereocenters. The molecule has 55 heavy (non-hydrogen) atoms. The van der Waals surface area contributed by atoms with Crippen LogP contribution in [0.15, 0.2) is 203 Å². The summed E-state index contributed by atoms with van der Waals surface area (Å²) in [4.78, 5) is 2.40. The molecule has 1 unspecified atom stereocenters. The highest BCUT2D eigenvalue weighted by Crippen LogP contribution is 2.50. The van der Waals surface area contributed by atoms with Crippen LogP contribution in [0.3, 0.4) is 0 Å². The number of hydrogen-bond acceptors (Lipinski definition) is 3. The highest BCUT2D eigenvalue weighted by Gasteiger charge is 2.28. The number of benzene rings is 9. The molecule has 0 aliphatic heterocycles. The number of hydrogen-bond donors (Lipinski definition) is 0. The Morgan fingerprint density at radius 1 is 0.418 bits per heavy atom. The van der Waals surface area contributed by atoms with E-state index in [1.54, 1.807) is 0 Å². The molecular formula is C52H35NO2. The van der Waals surface area contributed by atoms with Crippen molar-refractivity contribution in [2.45, 2.75) is 12.3 Å². The number of anilines is 3. The second-order valence-electron chi connectivity index (χ2n) is 14.4. The van der Waals surface area contributed by atoms with Crippen LogP contribution in [0, 0.1) is 0 Å². The molecule has 2 aromatic heterocycles. The van der Waals surface area contributed by atoms with Gasteiger partial charge in [-0.1, -0.05) is 140 Å². The molecule has 0 radical (unpaired) electrons. The summed E-state index contributed by atoms with van der Waals surface area (Å²) in [5.74, 6) is -0.0214. The lowest BCUT2D eigenvalue weighted by molar-refractivity contribution is 0.656. The third-order valence-electron chi connectivity index (χ3n) is 11.2. The van der Waals surface area contributed by atoms with Gasteiger partial charge in [0.1, 0.15) is 22.3 Å². The average molecular weight is 706 g/mol. The van der Waals surface area contributed by atoms with E-state index in [1.807, 2.05) is 6.07 Å². The number of rotatable bonds is 7. The van der Waals surface area contributed by atoms with Crippen LogP contribution in [0.2, 0.25) is 0 Å². The zero-order valence-corrected chi connectivity index (χ0v) is 30.0. The van der Waals surface area contributed by atoms with Crippen molar-refractivity contribution in [3.05, 3.63) is 211 Å². The number of nitrogens with zero attached hydrogens (tertiary/aromatic N) is 1. The summed E-state index contributed by atoms with van der Waals surface area (Å²) in [6, 6.07) is 69.3. The Balaban J connectivity index is 1.26. The van der Waals surface area contributed by atoms with E-state index in [0.29, 0.717) is 0 Å². The van der Waals surface area contributed by atoms with Gasteiger partial charge in [0, 0.05) is 44.4 Å². The quantitative estimate of drug-likeness (QED) is 0.165. The second kappa shape index (κ2) is 12.8. The van der Waals surface area contributed by atoms with Gasteiger partial charge in [-0.25, -0.2) is 0 Å². The molecule has 11 aromatic rings. The smallest absolute Gasteiger partial charge is 0.139 e. The largest absolute Gasteiger partial charge is 0.456 e. The summed E-state index contributed by atoms with van der Waals surface area (Å²) in [5.41, 5.74) is 10.6. The SMILES string of the molecule is c1ccc(CC(c2ccc3oc4ccccc4c3c2)c2c3ccccc3cc3c2oc2cc4ccccc4c(N(c4ccccc4)c4ccccc4)c23)cc1. The molecule has 0 spiro atoms. The van der Waals surface area contributed by atoms with Crippen LogP contribution in [0.4, 0.5) is 17.1 Å². The van der Waals surface area contributed by atoms with Crippen molar-refractivity contribution in [3.63, 3.8) is 0 Å². The van der Waals surface area contributed by atoms with Gasteiger partial charge in [-0.15, -0.1) is 0 Å². The van der Waals surface area contributed by atoms with Crippen molar-refractivity contribution in [2.24, 2.45) is 0 Å². The van der Waals surface area contributed by atoms with Crippen LogP contribution < -0.4 is 4.90 Å². The number of fused-ring (bicyclic) bond motifs is 8. The van der Waals surface area contributed by atoms with Crippen LogP contribution in [-0.2, 0) is 6.42 Å². The minimum Gasteiger partial charge on any atom is -0.456 e. The molecule has 0 aliphatic carbocycles. The van der Waals surface area contributed by atoms with Crippen LogP contribution in [0.1, 0.15) is 22.6 Å². The minimum absolute atomic E-state index is 0.0214. The van der Waals surface area contributed by atoms with Gasteiger partial charge in [0.2, 0.25) is 0 Å². The lowest BCUT2D eigenvalue weighted by Gasteiger charge is -2.27. The molecule has 9 aromatic carbocycles. The maximum absolute atomic E-state index is 7.30. The molecule has 0 N–H and O–H groups in total. The maximum atomic E-state index is 7.30. The van der Waals surface area contributed by atoms with Crippen molar-refractivity contribution in [2.75, 3.05) is 4.90 Å². The standard InChI is InChI=1S/C52H35NO2/c1-4-16-34(17-5-1)30-43(37-28-29-47-44(31-37)42-26-14-15-27-46(42)54-47)49-40-24-12-10-18-35(40)32-45-50-48(55-52(45)49)33-36-19-11-13-25-41(36)51(50)53(38-20-6-2-7-21-38)39-22-8-3-9-23-39/h1-29,31-33,43H,30H2. The molecule has 3 heteroatoms. The van der Waals surface area contributed by atoms with Gasteiger partial charge in [0.15, 0.2) is 0 Å². The Bertz CT molecular complexity index is 3140. The maximum Gasteiger partial charge on any atom is 0.139 e. The first kappa shape index (κ1) is 31.4. The first-order chi connectivity index (χ1) is 27.3. The lowest BCUT2D eigenvalue weighted by Crippen LogP contribution is -2.10. The van der Waals surface area contributed by atoms with Crippen LogP contribution in [0.25, 0.3) is 65.4 Å². The molecule has 3 nitrogen and oxygen atoms in total. The second-order valence-corrected chi connectivity index (χ2v) is 14.4. The first-order valence-corrected chi connectivity index (χ1v) is 18.9. The molecule has 260 valence electrons. The van der Waals surface area contributed by atoms with Gasteiger partial charge < -0.3 is 13.7 Å². The van der Waals surface area contributed by atoms with E-state index < -0.39 is 0 Å². The third kappa shape index (κ3) is 5.20. The van der Waals surface area contributed by atoms with Gasteiger partial charge in [-0.3, -0.25) is 0 Å². The van der Waals surface area contributed by atoms with E-state index in [2.05, 4.69) is 193 Å². The summed E-state index contributed by atoms with van der Waals surface area (Å²) in [7, 11) is 0. The van der Waals surface area contributed by atoms with Crippen molar-refractivity contribution < 1.29 is 8.83 Å². The monoisotopic (exact) mass is 705 g/mol. The van der Waals surface area contributed by atoms with E-state index in [1.165, 1.54) is 32.8 Å². The summed E-state index contributed by atoms with van der Waals surface area (Å²) in [5, 5.41) is 9.14. The van der Waals surface area contributed by atoms with Crippen molar-refractivity contribution in [1.29, 1.82) is 0 Å². The van der Waals surface area contributed by atoms with Gasteiger partial charge in [-0.2, -0.15) is 0 Å². The van der Waals surface area contributed by atoms with Crippen molar-refractivity contribution in [3.8, 4) is 0 Å². The fourth-order valence-corrected chi connectivity index (χ4v) is 8.74. The molecule has 0 bridgehead atoms.